The van der Waals surface area contributed by atoms with Crippen LogP contribution in [-0.4, -0.2) is 33.4 Å². The van der Waals surface area contributed by atoms with Crippen LogP contribution in [0.4, 0.5) is 0 Å². The first-order valence-electron chi connectivity index (χ1n) is 6.39. The molecular weight excluding hydrogens is 246 g/mol. The van der Waals surface area contributed by atoms with E-state index in [2.05, 4.69) is 10.4 Å². The molecule has 1 rings (SSSR count). The van der Waals surface area contributed by atoms with Crippen LogP contribution in [0, 0.1) is 13.8 Å². The molecule has 0 fully saturated rings. The highest BCUT2D eigenvalue weighted by molar-refractivity contribution is 5.95. The molecule has 19 heavy (non-hydrogen) atoms. The van der Waals surface area contributed by atoms with Crippen LogP contribution >= 0.6 is 0 Å². The number of hydrogen-bond donors (Lipinski definition) is 2. The molecule has 0 aliphatic carbocycles. The summed E-state index contributed by atoms with van der Waals surface area (Å²) in [7, 11) is 1.52. The lowest BCUT2D eigenvalue weighted by atomic mass is 10.1. The van der Waals surface area contributed by atoms with Crippen LogP contribution < -0.4 is 10.9 Å². The van der Waals surface area contributed by atoms with Gasteiger partial charge < -0.3 is 10.4 Å². The van der Waals surface area contributed by atoms with Gasteiger partial charge in [0.15, 0.2) is 0 Å². The van der Waals surface area contributed by atoms with Gasteiger partial charge in [-0.15, -0.1) is 0 Å². The second-order valence-corrected chi connectivity index (χ2v) is 4.62. The van der Waals surface area contributed by atoms with Crippen LogP contribution in [0.2, 0.25) is 0 Å². The van der Waals surface area contributed by atoms with Crippen LogP contribution in [0.3, 0.4) is 0 Å². The van der Waals surface area contributed by atoms with E-state index in [0.717, 1.165) is 4.68 Å². The molecule has 0 spiro atoms. The predicted molar refractivity (Wildman–Crippen MR) is 72.2 cm³/mol. The van der Waals surface area contributed by atoms with E-state index in [-0.39, 0.29) is 5.56 Å². The first kappa shape index (κ1) is 15.4. The molecule has 0 saturated carbocycles. The number of nitrogens with zero attached hydrogens (tertiary/aromatic N) is 2. The molecule has 0 bridgehead atoms. The molecule has 2 N–H and O–H groups in total. The van der Waals surface area contributed by atoms with E-state index >= 15 is 0 Å². The van der Waals surface area contributed by atoms with Crippen molar-refractivity contribution in [2.75, 3.05) is 6.54 Å². The molecule has 1 aromatic heterocycles. The van der Waals surface area contributed by atoms with Gasteiger partial charge in [-0.3, -0.25) is 9.59 Å². The predicted octanol–water partition coefficient (Wildman–Crippen LogP) is 0.288. The van der Waals surface area contributed by atoms with Gasteiger partial charge >= 0.3 is 0 Å². The highest BCUT2D eigenvalue weighted by atomic mass is 16.3. The lowest BCUT2D eigenvalue weighted by molar-refractivity contribution is 0.0938. The molecule has 0 aliphatic heterocycles. The van der Waals surface area contributed by atoms with Gasteiger partial charge in [-0.1, -0.05) is 6.92 Å². The molecule has 106 valence electrons. The minimum Gasteiger partial charge on any atom is -0.393 e. The Bertz CT molecular complexity index is 523. The fourth-order valence-corrected chi connectivity index (χ4v) is 1.76. The van der Waals surface area contributed by atoms with Gasteiger partial charge in [0.2, 0.25) is 0 Å². The number of aliphatic hydroxyl groups is 1. The Hall–Kier alpha value is -1.69. The van der Waals surface area contributed by atoms with E-state index in [1.54, 1.807) is 13.8 Å². The van der Waals surface area contributed by atoms with Crippen molar-refractivity contribution in [1.29, 1.82) is 0 Å². The molecule has 0 aliphatic rings. The maximum atomic E-state index is 12.0. The fourth-order valence-electron chi connectivity index (χ4n) is 1.76. The molecule has 1 atom stereocenters. The minimum atomic E-state index is -0.427. The average Bonchev–Trinajstić information content (AvgIpc) is 2.36. The van der Waals surface area contributed by atoms with Crippen molar-refractivity contribution >= 4 is 5.91 Å². The molecule has 6 heteroatoms. The molecule has 0 radical (unpaired) electrons. The Kier molecular flexibility index (Phi) is 5.23. The summed E-state index contributed by atoms with van der Waals surface area (Å²) < 4.78 is 1.16. The van der Waals surface area contributed by atoms with Crippen molar-refractivity contribution in [1.82, 2.24) is 15.1 Å². The van der Waals surface area contributed by atoms with Crippen LogP contribution in [0.1, 0.15) is 41.4 Å². The molecule has 6 nitrogen and oxygen atoms in total. The maximum Gasteiger partial charge on any atom is 0.279 e. The number of carbonyl (C=O) groups is 1. The van der Waals surface area contributed by atoms with Crippen LogP contribution in [-0.2, 0) is 7.05 Å². The summed E-state index contributed by atoms with van der Waals surface area (Å²) in [6, 6.07) is 0. The summed E-state index contributed by atoms with van der Waals surface area (Å²) in [5, 5.41) is 16.1. The van der Waals surface area contributed by atoms with E-state index < -0.39 is 17.6 Å². The van der Waals surface area contributed by atoms with Gasteiger partial charge in [0.05, 0.1) is 11.8 Å². The highest BCUT2D eigenvalue weighted by Gasteiger charge is 2.17. The Labute approximate surface area is 112 Å². The summed E-state index contributed by atoms with van der Waals surface area (Å²) in [5.41, 5.74) is 0.968. The monoisotopic (exact) mass is 267 g/mol. The number of aryl methyl sites for hydroxylation is 2. The number of aromatic nitrogens is 2. The Morgan fingerprint density at radius 1 is 1.47 bits per heavy atom. The van der Waals surface area contributed by atoms with Gasteiger partial charge in [-0.05, 0) is 32.3 Å². The third kappa shape index (κ3) is 3.64. The van der Waals surface area contributed by atoms with Crippen molar-refractivity contribution in [2.45, 2.75) is 39.7 Å². The lowest BCUT2D eigenvalue weighted by Gasteiger charge is -2.11. The third-order valence-corrected chi connectivity index (χ3v) is 3.19. The van der Waals surface area contributed by atoms with Crippen LogP contribution in [0.5, 0.6) is 0 Å². The smallest absolute Gasteiger partial charge is 0.279 e. The zero-order chi connectivity index (χ0) is 14.6. The number of nitrogens with one attached hydrogen (secondary N) is 1. The number of hydrogen-bond acceptors (Lipinski definition) is 4. The van der Waals surface area contributed by atoms with E-state index in [9.17, 15) is 14.7 Å². The molecule has 1 aromatic rings. The molecule has 1 unspecified atom stereocenters. The lowest BCUT2D eigenvalue weighted by Crippen LogP contribution is -2.36. The van der Waals surface area contributed by atoms with Gasteiger partial charge in [0.25, 0.3) is 11.5 Å². The highest BCUT2D eigenvalue weighted by Crippen LogP contribution is 2.05. The van der Waals surface area contributed by atoms with E-state index in [0.29, 0.717) is 30.6 Å². The Morgan fingerprint density at radius 3 is 2.68 bits per heavy atom. The molecule has 1 amide bonds. The van der Waals surface area contributed by atoms with Gasteiger partial charge in [-0.25, -0.2) is 4.68 Å². The zero-order valence-corrected chi connectivity index (χ0v) is 11.9. The summed E-state index contributed by atoms with van der Waals surface area (Å²) in [4.78, 5) is 24.0. The maximum absolute atomic E-state index is 12.0. The van der Waals surface area contributed by atoms with Gasteiger partial charge in [0, 0.05) is 13.6 Å². The molecule has 0 saturated heterocycles. The van der Waals surface area contributed by atoms with Crippen molar-refractivity contribution < 1.29 is 9.90 Å². The summed E-state index contributed by atoms with van der Waals surface area (Å²) in [5.74, 6) is -0.410. The first-order valence-corrected chi connectivity index (χ1v) is 6.39. The molecule has 0 aromatic carbocycles. The summed E-state index contributed by atoms with van der Waals surface area (Å²) >= 11 is 0. The third-order valence-electron chi connectivity index (χ3n) is 3.19. The summed E-state index contributed by atoms with van der Waals surface area (Å²) in [6.07, 6.45) is 0.694. The average molecular weight is 267 g/mol. The topological polar surface area (TPSA) is 84.2 Å². The molecular formula is C13H21N3O3. The molecule has 1 heterocycles. The zero-order valence-electron chi connectivity index (χ0n) is 11.9. The Balaban J connectivity index is 2.86. The van der Waals surface area contributed by atoms with Crippen molar-refractivity contribution in [3.8, 4) is 0 Å². The van der Waals surface area contributed by atoms with E-state index in [1.807, 2.05) is 6.92 Å². The van der Waals surface area contributed by atoms with Crippen molar-refractivity contribution in [3.05, 3.63) is 27.2 Å². The number of rotatable bonds is 5. The largest absolute Gasteiger partial charge is 0.393 e. The summed E-state index contributed by atoms with van der Waals surface area (Å²) in [6.45, 7) is 5.68. The number of carbonyl (C=O) groups excluding carboxylic acids is 1. The Morgan fingerprint density at radius 2 is 2.11 bits per heavy atom. The minimum absolute atomic E-state index is 0.126. The number of amides is 1. The SMILES string of the molecule is CCC(O)CCNC(=O)c1c(C)c(C)nn(C)c1=O. The fraction of sp³-hybridized carbons (Fsp3) is 0.615. The van der Waals surface area contributed by atoms with Crippen molar-refractivity contribution in [3.63, 3.8) is 0 Å². The van der Waals surface area contributed by atoms with E-state index in [4.69, 9.17) is 0 Å². The van der Waals surface area contributed by atoms with Gasteiger partial charge in [0.1, 0.15) is 5.56 Å². The quantitative estimate of drug-likeness (QED) is 0.803. The van der Waals surface area contributed by atoms with Crippen molar-refractivity contribution in [2.24, 2.45) is 7.05 Å². The van der Waals surface area contributed by atoms with Crippen LogP contribution in [0.15, 0.2) is 4.79 Å². The van der Waals surface area contributed by atoms with E-state index in [1.165, 1.54) is 7.05 Å². The normalized spacial score (nSPS) is 12.3. The number of aliphatic hydroxyl groups excluding tert-OH is 1. The standard InChI is InChI=1S/C13H21N3O3/c1-5-10(17)6-7-14-12(18)11-8(2)9(3)15-16(4)13(11)19/h10,17H,5-7H2,1-4H3,(H,14,18). The second kappa shape index (κ2) is 6.47. The second-order valence-electron chi connectivity index (χ2n) is 4.62. The van der Waals surface area contributed by atoms with Gasteiger partial charge in [-0.2, -0.15) is 5.10 Å². The van der Waals surface area contributed by atoms with Crippen LogP contribution in [0.25, 0.3) is 0 Å². The first-order chi connectivity index (χ1) is 8.88.